The maximum Gasteiger partial charge on any atom is 0.274 e. The number of carbonyl (C=O) groups excluding carboxylic acids is 1. The lowest BCUT2D eigenvalue weighted by Crippen LogP contribution is -2.30. The number of hydrogen-bond donors (Lipinski definition) is 1. The Labute approximate surface area is 157 Å². The van der Waals surface area contributed by atoms with Crippen LogP contribution in [0.1, 0.15) is 34.8 Å². The van der Waals surface area contributed by atoms with Crippen LogP contribution in [-0.2, 0) is 0 Å². The predicted molar refractivity (Wildman–Crippen MR) is 104 cm³/mol. The molecule has 4 aromatic rings. The second-order valence-electron chi connectivity index (χ2n) is 6.64. The van der Waals surface area contributed by atoms with Crippen molar-refractivity contribution in [3.63, 3.8) is 0 Å². The smallest absolute Gasteiger partial charge is 0.274 e. The highest BCUT2D eigenvalue weighted by Crippen LogP contribution is 2.24. The Kier molecular flexibility index (Phi) is 4.24. The van der Waals surface area contributed by atoms with Gasteiger partial charge in [-0.25, -0.2) is 4.98 Å². The SMILES string of the molecule is Cc1c(C(=O)N(C)C(C)c2cc(-c3ccccc3)n[nH]2)nc2ccccn12. The van der Waals surface area contributed by atoms with E-state index in [2.05, 4.69) is 15.2 Å². The number of nitrogens with one attached hydrogen (secondary N) is 1. The molecule has 0 aliphatic rings. The number of imidazole rings is 1. The van der Waals surface area contributed by atoms with E-state index >= 15 is 0 Å². The van der Waals surface area contributed by atoms with Gasteiger partial charge in [-0.2, -0.15) is 5.10 Å². The van der Waals surface area contributed by atoms with E-state index in [0.717, 1.165) is 28.3 Å². The van der Waals surface area contributed by atoms with E-state index in [4.69, 9.17) is 0 Å². The van der Waals surface area contributed by atoms with Gasteiger partial charge in [0, 0.05) is 18.8 Å². The summed E-state index contributed by atoms with van der Waals surface area (Å²) in [6, 6.07) is 17.5. The van der Waals surface area contributed by atoms with Crippen molar-refractivity contribution in [2.24, 2.45) is 0 Å². The summed E-state index contributed by atoms with van der Waals surface area (Å²) in [7, 11) is 1.79. The van der Waals surface area contributed by atoms with E-state index in [0.29, 0.717) is 5.69 Å². The number of aromatic amines is 1. The summed E-state index contributed by atoms with van der Waals surface area (Å²) in [5.41, 5.74) is 4.86. The molecule has 1 atom stereocenters. The van der Waals surface area contributed by atoms with E-state index in [1.165, 1.54) is 0 Å². The molecule has 0 spiro atoms. The van der Waals surface area contributed by atoms with Crippen molar-refractivity contribution in [2.45, 2.75) is 19.9 Å². The van der Waals surface area contributed by atoms with Gasteiger partial charge in [0.15, 0.2) is 0 Å². The van der Waals surface area contributed by atoms with Crippen LogP contribution in [0.3, 0.4) is 0 Å². The van der Waals surface area contributed by atoms with Gasteiger partial charge in [-0.05, 0) is 32.0 Å². The quantitative estimate of drug-likeness (QED) is 0.601. The molecule has 0 fully saturated rings. The van der Waals surface area contributed by atoms with Gasteiger partial charge in [0.2, 0.25) is 0 Å². The Hall–Kier alpha value is -3.41. The first-order valence-corrected chi connectivity index (χ1v) is 8.88. The maximum absolute atomic E-state index is 13.0. The number of pyridine rings is 1. The molecule has 27 heavy (non-hydrogen) atoms. The Morgan fingerprint density at radius 1 is 1.15 bits per heavy atom. The molecule has 6 heteroatoms. The first kappa shape index (κ1) is 17.0. The molecule has 1 unspecified atom stereocenters. The van der Waals surface area contributed by atoms with Gasteiger partial charge in [-0.1, -0.05) is 36.4 Å². The topological polar surface area (TPSA) is 66.3 Å². The fourth-order valence-electron chi connectivity index (χ4n) is 3.18. The lowest BCUT2D eigenvalue weighted by Gasteiger charge is -2.23. The molecule has 0 aliphatic carbocycles. The third-order valence-electron chi connectivity index (χ3n) is 4.99. The van der Waals surface area contributed by atoms with Gasteiger partial charge in [0.25, 0.3) is 5.91 Å². The molecule has 0 saturated heterocycles. The lowest BCUT2D eigenvalue weighted by atomic mass is 10.1. The average molecular weight is 359 g/mol. The summed E-state index contributed by atoms with van der Waals surface area (Å²) in [5.74, 6) is -0.112. The monoisotopic (exact) mass is 359 g/mol. The van der Waals surface area contributed by atoms with Crippen LogP contribution in [0.4, 0.5) is 0 Å². The van der Waals surface area contributed by atoms with Crippen molar-refractivity contribution >= 4 is 11.6 Å². The number of rotatable bonds is 4. The van der Waals surface area contributed by atoms with Crippen molar-refractivity contribution in [1.29, 1.82) is 0 Å². The summed E-state index contributed by atoms with van der Waals surface area (Å²) in [6.07, 6.45) is 1.92. The van der Waals surface area contributed by atoms with Crippen LogP contribution in [0.25, 0.3) is 16.9 Å². The second-order valence-corrected chi connectivity index (χ2v) is 6.64. The fourth-order valence-corrected chi connectivity index (χ4v) is 3.18. The van der Waals surface area contributed by atoms with Crippen LogP contribution in [0, 0.1) is 6.92 Å². The van der Waals surface area contributed by atoms with Gasteiger partial charge in [-0.15, -0.1) is 0 Å². The number of benzene rings is 1. The molecule has 0 radical (unpaired) electrons. The molecular weight excluding hydrogens is 338 g/mol. The number of aryl methyl sites for hydroxylation is 1. The molecule has 3 aromatic heterocycles. The molecule has 1 N–H and O–H groups in total. The number of amides is 1. The number of aromatic nitrogens is 4. The van der Waals surface area contributed by atoms with Crippen molar-refractivity contribution in [3.8, 4) is 11.3 Å². The van der Waals surface area contributed by atoms with Crippen molar-refractivity contribution in [3.05, 3.63) is 77.9 Å². The number of H-pyrrole nitrogens is 1. The van der Waals surface area contributed by atoms with Gasteiger partial charge >= 0.3 is 0 Å². The molecule has 0 bridgehead atoms. The standard InChI is InChI=1S/C21H21N5O/c1-14(17-13-18(24-23-17)16-9-5-4-6-10-16)25(3)21(27)20-15(2)26-12-8-7-11-19(26)22-20/h4-14H,1-3H3,(H,23,24). The molecule has 3 heterocycles. The largest absolute Gasteiger partial charge is 0.332 e. The van der Waals surface area contributed by atoms with Crippen molar-refractivity contribution < 1.29 is 4.79 Å². The second kappa shape index (κ2) is 6.72. The Morgan fingerprint density at radius 2 is 1.89 bits per heavy atom. The summed E-state index contributed by atoms with van der Waals surface area (Å²) in [4.78, 5) is 19.2. The zero-order valence-electron chi connectivity index (χ0n) is 15.5. The van der Waals surface area contributed by atoms with Crippen LogP contribution in [0.2, 0.25) is 0 Å². The van der Waals surface area contributed by atoms with Crippen LogP contribution >= 0.6 is 0 Å². The molecule has 0 aliphatic heterocycles. The highest BCUT2D eigenvalue weighted by molar-refractivity contribution is 5.94. The molecular formula is C21H21N5O. The zero-order valence-corrected chi connectivity index (χ0v) is 15.5. The summed E-state index contributed by atoms with van der Waals surface area (Å²) in [6.45, 7) is 3.89. The molecule has 136 valence electrons. The highest BCUT2D eigenvalue weighted by Gasteiger charge is 2.25. The third kappa shape index (κ3) is 2.99. The first-order chi connectivity index (χ1) is 13.1. The Bertz CT molecular complexity index is 1100. The highest BCUT2D eigenvalue weighted by atomic mass is 16.2. The van der Waals surface area contributed by atoms with Crippen LogP contribution in [-0.4, -0.2) is 37.4 Å². The number of fused-ring (bicyclic) bond motifs is 1. The van der Waals surface area contributed by atoms with Crippen LogP contribution < -0.4 is 0 Å². The van der Waals surface area contributed by atoms with Gasteiger partial charge < -0.3 is 9.30 Å². The van der Waals surface area contributed by atoms with Crippen molar-refractivity contribution in [1.82, 2.24) is 24.5 Å². The minimum Gasteiger partial charge on any atom is -0.332 e. The number of nitrogens with zero attached hydrogens (tertiary/aromatic N) is 4. The maximum atomic E-state index is 13.0. The zero-order chi connectivity index (χ0) is 19.0. The van der Waals surface area contributed by atoms with E-state index < -0.39 is 0 Å². The van der Waals surface area contributed by atoms with E-state index in [1.54, 1.807) is 11.9 Å². The molecule has 1 amide bonds. The van der Waals surface area contributed by atoms with Crippen LogP contribution in [0.15, 0.2) is 60.8 Å². The van der Waals surface area contributed by atoms with Crippen LogP contribution in [0.5, 0.6) is 0 Å². The van der Waals surface area contributed by atoms with Gasteiger partial charge in [0.1, 0.15) is 11.3 Å². The Balaban J connectivity index is 1.60. The molecule has 1 aromatic carbocycles. The van der Waals surface area contributed by atoms with Gasteiger partial charge in [0.05, 0.1) is 23.1 Å². The normalized spacial score (nSPS) is 12.3. The minimum atomic E-state index is -0.160. The molecule has 0 saturated carbocycles. The third-order valence-corrected chi connectivity index (χ3v) is 4.99. The number of carbonyl (C=O) groups is 1. The lowest BCUT2D eigenvalue weighted by molar-refractivity contribution is 0.0733. The average Bonchev–Trinajstić information content (AvgIpc) is 3.33. The molecule has 4 rings (SSSR count). The van der Waals surface area contributed by atoms with E-state index in [1.807, 2.05) is 79.0 Å². The van der Waals surface area contributed by atoms with E-state index in [-0.39, 0.29) is 11.9 Å². The summed E-state index contributed by atoms with van der Waals surface area (Å²) in [5, 5.41) is 7.45. The first-order valence-electron chi connectivity index (χ1n) is 8.88. The van der Waals surface area contributed by atoms with Crippen molar-refractivity contribution in [2.75, 3.05) is 7.05 Å². The Morgan fingerprint density at radius 3 is 2.63 bits per heavy atom. The summed E-state index contributed by atoms with van der Waals surface area (Å²) >= 11 is 0. The molecule has 6 nitrogen and oxygen atoms in total. The van der Waals surface area contributed by atoms with Gasteiger partial charge in [-0.3, -0.25) is 9.89 Å². The minimum absolute atomic E-state index is 0.112. The summed E-state index contributed by atoms with van der Waals surface area (Å²) < 4.78 is 1.93. The fraction of sp³-hybridized carbons (Fsp3) is 0.190. The predicted octanol–water partition coefficient (Wildman–Crippen LogP) is 3.87. The number of hydrogen-bond acceptors (Lipinski definition) is 3. The van der Waals surface area contributed by atoms with E-state index in [9.17, 15) is 4.79 Å².